The summed E-state index contributed by atoms with van der Waals surface area (Å²) in [6.45, 7) is 3.32. The summed E-state index contributed by atoms with van der Waals surface area (Å²) in [4.78, 5) is 28.6. The molecule has 1 aromatic heterocycles. The molecule has 2 aliphatic heterocycles. The van der Waals surface area contributed by atoms with Crippen LogP contribution in [0.1, 0.15) is 10.4 Å². The molecular formula is C15H17N7O2. The quantitative estimate of drug-likeness (QED) is 0.754. The summed E-state index contributed by atoms with van der Waals surface area (Å²) in [5.74, 6) is -0.0518. The summed E-state index contributed by atoms with van der Waals surface area (Å²) in [6.07, 6.45) is 1.50. The highest BCUT2D eigenvalue weighted by atomic mass is 16.2. The van der Waals surface area contributed by atoms with Gasteiger partial charge in [0.25, 0.3) is 5.91 Å². The van der Waals surface area contributed by atoms with Gasteiger partial charge in [-0.3, -0.25) is 14.5 Å². The van der Waals surface area contributed by atoms with E-state index >= 15 is 0 Å². The Morgan fingerprint density at radius 3 is 2.75 bits per heavy atom. The van der Waals surface area contributed by atoms with E-state index in [2.05, 4.69) is 25.7 Å². The Bertz CT molecular complexity index is 744. The summed E-state index contributed by atoms with van der Waals surface area (Å²) in [5.41, 5.74) is 1.38. The van der Waals surface area contributed by atoms with Crippen LogP contribution in [0.5, 0.6) is 0 Å². The summed E-state index contributed by atoms with van der Waals surface area (Å²) < 4.78 is 1.53. The molecule has 0 aliphatic carbocycles. The molecule has 1 atom stereocenters. The molecule has 2 amide bonds. The number of fused-ring (bicyclic) bond motifs is 1. The molecule has 2 aromatic rings. The maximum absolute atomic E-state index is 12.7. The van der Waals surface area contributed by atoms with E-state index in [0.717, 1.165) is 18.8 Å². The van der Waals surface area contributed by atoms with Crippen LogP contribution in [0, 0.1) is 0 Å². The summed E-state index contributed by atoms with van der Waals surface area (Å²) in [5, 5.41) is 13.9. The first-order valence-corrected chi connectivity index (χ1v) is 7.87. The van der Waals surface area contributed by atoms with Crippen molar-refractivity contribution in [3.63, 3.8) is 0 Å². The van der Waals surface area contributed by atoms with Crippen molar-refractivity contribution in [1.82, 2.24) is 35.3 Å². The molecule has 2 fully saturated rings. The van der Waals surface area contributed by atoms with Crippen molar-refractivity contribution in [2.75, 3.05) is 32.7 Å². The predicted molar refractivity (Wildman–Crippen MR) is 83.4 cm³/mol. The first-order valence-electron chi connectivity index (χ1n) is 7.87. The van der Waals surface area contributed by atoms with E-state index in [1.54, 1.807) is 29.2 Å². The third-order valence-corrected chi connectivity index (χ3v) is 4.51. The number of benzene rings is 1. The Kier molecular flexibility index (Phi) is 3.69. The first-order chi connectivity index (χ1) is 11.7. The van der Waals surface area contributed by atoms with Crippen LogP contribution in [-0.4, -0.2) is 80.6 Å². The largest absolute Gasteiger partial charge is 0.353 e. The molecule has 24 heavy (non-hydrogen) atoms. The van der Waals surface area contributed by atoms with Crippen molar-refractivity contribution in [3.8, 4) is 5.69 Å². The van der Waals surface area contributed by atoms with Gasteiger partial charge in [0.1, 0.15) is 12.4 Å². The summed E-state index contributed by atoms with van der Waals surface area (Å²) in [6, 6.07) is 6.87. The minimum absolute atomic E-state index is 0.00720. The Balaban J connectivity index is 1.48. The second kappa shape index (κ2) is 6.00. The van der Waals surface area contributed by atoms with Crippen molar-refractivity contribution >= 4 is 11.8 Å². The standard InChI is InChI=1S/C15H17N7O2/c23-14-13-9-21(8-7-20(13)6-5-16-14)15(24)11-1-3-12(4-2-11)22-10-17-18-19-22/h1-4,10,13H,5-9H2,(H,16,23). The highest BCUT2D eigenvalue weighted by molar-refractivity contribution is 5.95. The van der Waals surface area contributed by atoms with Crippen LogP contribution in [-0.2, 0) is 4.79 Å². The fourth-order valence-electron chi connectivity index (χ4n) is 3.18. The van der Waals surface area contributed by atoms with Crippen molar-refractivity contribution in [2.45, 2.75) is 6.04 Å². The minimum Gasteiger partial charge on any atom is -0.353 e. The average molecular weight is 327 g/mol. The van der Waals surface area contributed by atoms with Crippen LogP contribution >= 0.6 is 0 Å². The zero-order valence-electron chi connectivity index (χ0n) is 13.0. The van der Waals surface area contributed by atoms with E-state index in [0.29, 0.717) is 25.2 Å². The lowest BCUT2D eigenvalue weighted by Crippen LogP contribution is -2.64. The number of aromatic nitrogens is 4. The van der Waals surface area contributed by atoms with E-state index in [-0.39, 0.29) is 17.9 Å². The maximum Gasteiger partial charge on any atom is 0.253 e. The van der Waals surface area contributed by atoms with Gasteiger partial charge in [0.15, 0.2) is 0 Å². The molecule has 1 N–H and O–H groups in total. The van der Waals surface area contributed by atoms with Gasteiger partial charge in [-0.2, -0.15) is 0 Å². The van der Waals surface area contributed by atoms with Gasteiger partial charge >= 0.3 is 0 Å². The van der Waals surface area contributed by atoms with E-state index in [1.807, 2.05) is 0 Å². The van der Waals surface area contributed by atoms with Crippen LogP contribution in [0.25, 0.3) is 5.69 Å². The molecule has 3 heterocycles. The van der Waals surface area contributed by atoms with Crippen molar-refractivity contribution in [3.05, 3.63) is 36.2 Å². The van der Waals surface area contributed by atoms with Gasteiger partial charge in [0.05, 0.1) is 5.69 Å². The number of carbonyl (C=O) groups is 2. The third-order valence-electron chi connectivity index (χ3n) is 4.51. The number of amides is 2. The highest BCUT2D eigenvalue weighted by Crippen LogP contribution is 2.16. The number of nitrogens with zero attached hydrogens (tertiary/aromatic N) is 6. The highest BCUT2D eigenvalue weighted by Gasteiger charge is 2.36. The number of hydrogen-bond donors (Lipinski definition) is 1. The number of carbonyl (C=O) groups excluding carboxylic acids is 2. The maximum atomic E-state index is 12.7. The second-order valence-electron chi connectivity index (χ2n) is 5.90. The minimum atomic E-state index is -0.239. The van der Waals surface area contributed by atoms with Crippen molar-refractivity contribution in [2.24, 2.45) is 0 Å². The molecule has 0 saturated carbocycles. The van der Waals surface area contributed by atoms with Gasteiger partial charge in [-0.15, -0.1) is 5.10 Å². The molecule has 2 aliphatic rings. The molecule has 1 unspecified atom stereocenters. The zero-order chi connectivity index (χ0) is 16.5. The number of hydrogen-bond acceptors (Lipinski definition) is 6. The van der Waals surface area contributed by atoms with Crippen LogP contribution < -0.4 is 5.32 Å². The van der Waals surface area contributed by atoms with Gasteiger partial charge < -0.3 is 10.2 Å². The van der Waals surface area contributed by atoms with Crippen molar-refractivity contribution < 1.29 is 9.59 Å². The van der Waals surface area contributed by atoms with E-state index in [4.69, 9.17) is 0 Å². The lowest BCUT2D eigenvalue weighted by Gasteiger charge is -2.43. The van der Waals surface area contributed by atoms with Gasteiger partial charge in [-0.1, -0.05) is 0 Å². The van der Waals surface area contributed by atoms with Crippen LogP contribution in [0.4, 0.5) is 0 Å². The third kappa shape index (κ3) is 2.62. The van der Waals surface area contributed by atoms with Crippen LogP contribution in [0.3, 0.4) is 0 Å². The Morgan fingerprint density at radius 2 is 2.00 bits per heavy atom. The second-order valence-corrected chi connectivity index (χ2v) is 5.90. The molecule has 0 bridgehead atoms. The summed E-state index contributed by atoms with van der Waals surface area (Å²) >= 11 is 0. The molecule has 9 heteroatoms. The topological polar surface area (TPSA) is 96.2 Å². The average Bonchev–Trinajstić information content (AvgIpc) is 3.16. The number of rotatable bonds is 2. The molecule has 4 rings (SSSR count). The lowest BCUT2D eigenvalue weighted by atomic mass is 10.1. The fourth-order valence-corrected chi connectivity index (χ4v) is 3.18. The number of tetrazole rings is 1. The molecule has 2 saturated heterocycles. The number of piperazine rings is 2. The van der Waals surface area contributed by atoms with Gasteiger partial charge in [0, 0.05) is 38.3 Å². The monoisotopic (exact) mass is 327 g/mol. The molecular weight excluding hydrogens is 310 g/mol. The zero-order valence-corrected chi connectivity index (χ0v) is 13.0. The summed E-state index contributed by atoms with van der Waals surface area (Å²) in [7, 11) is 0. The molecule has 9 nitrogen and oxygen atoms in total. The molecule has 0 radical (unpaired) electrons. The Labute approximate surface area is 138 Å². The van der Waals surface area contributed by atoms with E-state index < -0.39 is 0 Å². The van der Waals surface area contributed by atoms with Gasteiger partial charge in [-0.25, -0.2) is 4.68 Å². The smallest absolute Gasteiger partial charge is 0.253 e. The Hall–Kier alpha value is -2.81. The van der Waals surface area contributed by atoms with Gasteiger partial charge in [0.2, 0.25) is 5.91 Å². The lowest BCUT2D eigenvalue weighted by molar-refractivity contribution is -0.131. The molecule has 0 spiro atoms. The number of nitrogens with one attached hydrogen (secondary N) is 1. The van der Waals surface area contributed by atoms with E-state index in [9.17, 15) is 9.59 Å². The van der Waals surface area contributed by atoms with Crippen LogP contribution in [0.15, 0.2) is 30.6 Å². The van der Waals surface area contributed by atoms with Crippen LogP contribution in [0.2, 0.25) is 0 Å². The fraction of sp³-hybridized carbons (Fsp3) is 0.400. The molecule has 124 valence electrons. The normalized spacial score (nSPS) is 21.2. The first kappa shape index (κ1) is 14.8. The van der Waals surface area contributed by atoms with Gasteiger partial charge in [-0.05, 0) is 34.7 Å². The molecule has 1 aromatic carbocycles. The predicted octanol–water partition coefficient (Wildman–Crippen LogP) is -1.08. The Morgan fingerprint density at radius 1 is 1.17 bits per heavy atom. The van der Waals surface area contributed by atoms with E-state index in [1.165, 1.54) is 11.0 Å². The SMILES string of the molecule is O=C1NCCN2CCN(C(=O)c3ccc(-n4cnnn4)cc3)CC12. The van der Waals surface area contributed by atoms with Crippen molar-refractivity contribution in [1.29, 1.82) is 0 Å².